The Kier molecular flexibility index (Phi) is 5.85. The number of amides is 1. The lowest BCUT2D eigenvalue weighted by Crippen LogP contribution is -2.45. The standard InChI is InChI=1S/C23H25NO2S/c25-23(17-19-7-3-6-18-5-1-2-9-22(18)19)24(20-11-14-26-15-12-20)13-10-21-8-4-16-27-21/h1-9,16,20H,10-15,17H2. The zero-order chi connectivity index (χ0) is 18.5. The van der Waals surface area contributed by atoms with Gasteiger partial charge >= 0.3 is 0 Å². The smallest absolute Gasteiger partial charge is 0.227 e. The van der Waals surface area contributed by atoms with Crippen LogP contribution in [0.4, 0.5) is 0 Å². The van der Waals surface area contributed by atoms with Crippen molar-refractivity contribution in [3.63, 3.8) is 0 Å². The normalized spacial score (nSPS) is 15.1. The van der Waals surface area contributed by atoms with E-state index >= 15 is 0 Å². The maximum Gasteiger partial charge on any atom is 0.227 e. The quantitative estimate of drug-likeness (QED) is 0.622. The van der Waals surface area contributed by atoms with Crippen LogP contribution in [0.1, 0.15) is 23.3 Å². The Morgan fingerprint density at radius 3 is 2.67 bits per heavy atom. The lowest BCUT2D eigenvalue weighted by atomic mass is 10.00. The molecule has 1 amide bonds. The fraction of sp³-hybridized carbons (Fsp3) is 0.348. The summed E-state index contributed by atoms with van der Waals surface area (Å²) in [4.78, 5) is 16.8. The molecule has 0 unspecified atom stereocenters. The molecule has 2 heterocycles. The Balaban J connectivity index is 1.53. The van der Waals surface area contributed by atoms with Crippen LogP contribution in [0.2, 0.25) is 0 Å². The fourth-order valence-corrected chi connectivity index (χ4v) is 4.60. The fourth-order valence-electron chi connectivity index (χ4n) is 3.90. The molecule has 1 fully saturated rings. The summed E-state index contributed by atoms with van der Waals surface area (Å²) in [6.45, 7) is 2.29. The van der Waals surface area contributed by atoms with Crippen molar-refractivity contribution in [2.75, 3.05) is 19.8 Å². The number of carbonyl (C=O) groups excluding carboxylic acids is 1. The monoisotopic (exact) mass is 379 g/mol. The van der Waals surface area contributed by atoms with E-state index in [0.29, 0.717) is 12.5 Å². The molecule has 0 radical (unpaired) electrons. The summed E-state index contributed by atoms with van der Waals surface area (Å²) in [7, 11) is 0. The largest absolute Gasteiger partial charge is 0.381 e. The van der Waals surface area contributed by atoms with Crippen molar-refractivity contribution in [1.29, 1.82) is 0 Å². The predicted octanol–water partition coefficient (Wildman–Crippen LogP) is 4.69. The molecule has 0 atom stereocenters. The molecule has 3 nitrogen and oxygen atoms in total. The second kappa shape index (κ2) is 8.68. The van der Waals surface area contributed by atoms with Gasteiger partial charge in [0.1, 0.15) is 0 Å². The summed E-state index contributed by atoms with van der Waals surface area (Å²) >= 11 is 1.77. The third-order valence-electron chi connectivity index (χ3n) is 5.35. The van der Waals surface area contributed by atoms with Gasteiger partial charge in [-0.2, -0.15) is 0 Å². The Morgan fingerprint density at radius 2 is 1.85 bits per heavy atom. The SMILES string of the molecule is O=C(Cc1cccc2ccccc12)N(CCc1cccs1)C1CCOCC1. The molecule has 0 aliphatic carbocycles. The average Bonchev–Trinajstić information content (AvgIpc) is 3.23. The number of benzene rings is 2. The first-order chi connectivity index (χ1) is 13.3. The molecule has 27 heavy (non-hydrogen) atoms. The minimum atomic E-state index is 0.231. The van der Waals surface area contributed by atoms with Crippen LogP contribution in [-0.4, -0.2) is 36.6 Å². The first-order valence-electron chi connectivity index (χ1n) is 9.67. The number of carbonyl (C=O) groups is 1. The van der Waals surface area contributed by atoms with Crippen molar-refractivity contribution >= 4 is 28.0 Å². The van der Waals surface area contributed by atoms with Crippen molar-refractivity contribution in [2.45, 2.75) is 31.7 Å². The molecule has 1 aliphatic rings. The van der Waals surface area contributed by atoms with Gasteiger partial charge in [0.25, 0.3) is 0 Å². The molecule has 4 rings (SSSR count). The van der Waals surface area contributed by atoms with Crippen molar-refractivity contribution in [1.82, 2.24) is 4.90 Å². The summed E-state index contributed by atoms with van der Waals surface area (Å²) in [6, 6.07) is 19.1. The zero-order valence-electron chi connectivity index (χ0n) is 15.5. The van der Waals surface area contributed by atoms with Crippen LogP contribution in [0.15, 0.2) is 60.0 Å². The molecule has 1 aliphatic heterocycles. The van der Waals surface area contributed by atoms with E-state index in [4.69, 9.17) is 4.74 Å². The van der Waals surface area contributed by atoms with Gasteiger partial charge in [-0.1, -0.05) is 48.5 Å². The molecule has 0 saturated carbocycles. The number of ether oxygens (including phenoxy) is 1. The molecule has 1 aromatic heterocycles. The van der Waals surface area contributed by atoms with Gasteiger partial charge < -0.3 is 9.64 Å². The summed E-state index contributed by atoms with van der Waals surface area (Å²) in [5.41, 5.74) is 1.12. The molecule has 2 aromatic carbocycles. The highest BCUT2D eigenvalue weighted by Gasteiger charge is 2.26. The third kappa shape index (κ3) is 4.40. The Labute approximate surface area is 164 Å². The van der Waals surface area contributed by atoms with E-state index in [0.717, 1.165) is 44.6 Å². The molecule has 140 valence electrons. The average molecular weight is 380 g/mol. The predicted molar refractivity (Wildman–Crippen MR) is 111 cm³/mol. The van der Waals surface area contributed by atoms with Crippen LogP contribution in [0, 0.1) is 0 Å². The van der Waals surface area contributed by atoms with Gasteiger partial charge in [0, 0.05) is 30.7 Å². The van der Waals surface area contributed by atoms with Crippen LogP contribution in [0.5, 0.6) is 0 Å². The zero-order valence-corrected chi connectivity index (χ0v) is 16.3. The van der Waals surface area contributed by atoms with Crippen molar-refractivity contribution < 1.29 is 9.53 Å². The summed E-state index contributed by atoms with van der Waals surface area (Å²) in [6.07, 6.45) is 3.26. The molecule has 1 saturated heterocycles. The highest BCUT2D eigenvalue weighted by Crippen LogP contribution is 2.22. The van der Waals surface area contributed by atoms with E-state index in [2.05, 4.69) is 52.7 Å². The number of rotatable bonds is 6. The van der Waals surface area contributed by atoms with Crippen LogP contribution in [-0.2, 0) is 22.4 Å². The maximum atomic E-state index is 13.3. The van der Waals surface area contributed by atoms with Gasteiger partial charge in [0.2, 0.25) is 5.91 Å². The number of hydrogen-bond donors (Lipinski definition) is 0. The maximum absolute atomic E-state index is 13.3. The first kappa shape index (κ1) is 18.2. The Hall–Kier alpha value is -2.17. The number of hydrogen-bond acceptors (Lipinski definition) is 3. The van der Waals surface area contributed by atoms with E-state index in [9.17, 15) is 4.79 Å². The van der Waals surface area contributed by atoms with E-state index < -0.39 is 0 Å². The minimum absolute atomic E-state index is 0.231. The van der Waals surface area contributed by atoms with Crippen LogP contribution < -0.4 is 0 Å². The van der Waals surface area contributed by atoms with E-state index in [-0.39, 0.29) is 5.91 Å². The van der Waals surface area contributed by atoms with Gasteiger partial charge in [-0.15, -0.1) is 11.3 Å². The molecule has 0 bridgehead atoms. The van der Waals surface area contributed by atoms with E-state index in [1.165, 1.54) is 15.6 Å². The Bertz CT molecular complexity index is 879. The topological polar surface area (TPSA) is 29.5 Å². The van der Waals surface area contributed by atoms with Gasteiger partial charge in [-0.25, -0.2) is 0 Å². The lowest BCUT2D eigenvalue weighted by Gasteiger charge is -2.34. The molecular weight excluding hydrogens is 354 g/mol. The molecule has 0 N–H and O–H groups in total. The highest BCUT2D eigenvalue weighted by atomic mass is 32.1. The highest BCUT2D eigenvalue weighted by molar-refractivity contribution is 7.09. The first-order valence-corrected chi connectivity index (χ1v) is 10.6. The van der Waals surface area contributed by atoms with Crippen molar-refractivity contribution in [3.05, 3.63) is 70.4 Å². The van der Waals surface area contributed by atoms with E-state index in [1.54, 1.807) is 11.3 Å². The molecule has 3 aromatic rings. The van der Waals surface area contributed by atoms with Gasteiger partial charge in [-0.3, -0.25) is 4.79 Å². The van der Waals surface area contributed by atoms with Crippen LogP contribution in [0.25, 0.3) is 10.8 Å². The van der Waals surface area contributed by atoms with Crippen molar-refractivity contribution in [2.24, 2.45) is 0 Å². The summed E-state index contributed by atoms with van der Waals surface area (Å²) in [5, 5.41) is 4.48. The van der Waals surface area contributed by atoms with Crippen LogP contribution in [0.3, 0.4) is 0 Å². The van der Waals surface area contributed by atoms with Gasteiger partial charge in [0.15, 0.2) is 0 Å². The molecular formula is C23H25NO2S. The summed E-state index contributed by atoms with van der Waals surface area (Å²) < 4.78 is 5.52. The lowest BCUT2D eigenvalue weighted by molar-refractivity contribution is -0.134. The second-order valence-electron chi connectivity index (χ2n) is 7.08. The summed E-state index contributed by atoms with van der Waals surface area (Å²) in [5.74, 6) is 0.231. The van der Waals surface area contributed by atoms with E-state index in [1.807, 2.05) is 12.1 Å². The number of thiophene rings is 1. The molecule has 4 heteroatoms. The van der Waals surface area contributed by atoms with Gasteiger partial charge in [0.05, 0.1) is 6.42 Å². The van der Waals surface area contributed by atoms with Crippen LogP contribution >= 0.6 is 11.3 Å². The third-order valence-corrected chi connectivity index (χ3v) is 6.29. The number of nitrogens with zero attached hydrogens (tertiary/aromatic N) is 1. The minimum Gasteiger partial charge on any atom is -0.381 e. The Morgan fingerprint density at radius 1 is 1.04 bits per heavy atom. The number of fused-ring (bicyclic) bond motifs is 1. The van der Waals surface area contributed by atoms with Gasteiger partial charge in [-0.05, 0) is 47.0 Å². The second-order valence-corrected chi connectivity index (χ2v) is 8.11. The van der Waals surface area contributed by atoms with Crippen molar-refractivity contribution in [3.8, 4) is 0 Å². The molecule has 0 spiro atoms.